The number of ether oxygens (including phenoxy) is 1. The van der Waals surface area contributed by atoms with Gasteiger partial charge in [-0.1, -0.05) is 28.8 Å². The Kier molecular flexibility index (Phi) is 3.10. The van der Waals surface area contributed by atoms with Gasteiger partial charge in [0.05, 0.1) is 0 Å². The topological polar surface area (TPSA) is 35.2 Å². The number of rotatable bonds is 2. The van der Waals surface area contributed by atoms with Gasteiger partial charge in [0.25, 0.3) is 0 Å². The van der Waals surface area contributed by atoms with E-state index in [1.807, 2.05) is 0 Å². The van der Waals surface area contributed by atoms with Gasteiger partial charge in [-0.3, -0.25) is 0 Å². The second kappa shape index (κ2) is 4.49. The average Bonchev–Trinajstić information content (AvgIpc) is 2.85. The fourth-order valence-corrected chi connectivity index (χ4v) is 3.73. The molecule has 18 heavy (non-hydrogen) atoms. The first kappa shape index (κ1) is 12.4. The van der Waals surface area contributed by atoms with Crippen LogP contribution in [-0.4, -0.2) is 12.1 Å². The van der Waals surface area contributed by atoms with Crippen molar-refractivity contribution in [2.75, 3.05) is 0 Å². The van der Waals surface area contributed by atoms with Gasteiger partial charge < -0.3 is 10.5 Å². The van der Waals surface area contributed by atoms with Crippen molar-refractivity contribution in [1.29, 1.82) is 0 Å². The third-order valence-electron chi connectivity index (χ3n) is 4.54. The molecule has 1 spiro atoms. The summed E-state index contributed by atoms with van der Waals surface area (Å²) in [5.41, 5.74) is 6.25. The number of nitrogens with two attached hydrogens (primary N) is 1. The molecule has 2 saturated carbocycles. The van der Waals surface area contributed by atoms with Crippen LogP contribution in [0.4, 0.5) is 4.39 Å². The maximum Gasteiger partial charge on any atom is 0.165 e. The first-order valence-corrected chi connectivity index (χ1v) is 7.28. The van der Waals surface area contributed by atoms with E-state index in [4.69, 9.17) is 10.5 Å². The van der Waals surface area contributed by atoms with Crippen LogP contribution in [0.25, 0.3) is 0 Å². The van der Waals surface area contributed by atoms with E-state index in [9.17, 15) is 4.39 Å². The molecule has 2 nitrogen and oxygen atoms in total. The van der Waals surface area contributed by atoms with Crippen LogP contribution in [0.3, 0.4) is 0 Å². The average molecular weight is 314 g/mol. The van der Waals surface area contributed by atoms with Crippen LogP contribution in [0.5, 0.6) is 5.75 Å². The second-order valence-corrected chi connectivity index (χ2v) is 6.38. The van der Waals surface area contributed by atoms with Crippen molar-refractivity contribution in [3.63, 3.8) is 0 Å². The van der Waals surface area contributed by atoms with Gasteiger partial charge in [-0.25, -0.2) is 4.39 Å². The van der Waals surface area contributed by atoms with Crippen LogP contribution in [0.15, 0.2) is 22.7 Å². The van der Waals surface area contributed by atoms with Crippen molar-refractivity contribution < 1.29 is 9.13 Å². The minimum Gasteiger partial charge on any atom is -0.487 e. The number of hydrogen-bond acceptors (Lipinski definition) is 2. The van der Waals surface area contributed by atoms with Crippen LogP contribution in [0.2, 0.25) is 0 Å². The quantitative estimate of drug-likeness (QED) is 0.905. The monoisotopic (exact) mass is 313 g/mol. The summed E-state index contributed by atoms with van der Waals surface area (Å²) < 4.78 is 20.4. The van der Waals surface area contributed by atoms with Crippen molar-refractivity contribution >= 4 is 15.9 Å². The lowest BCUT2D eigenvalue weighted by atomic mass is 9.61. The SMILES string of the molecule is NC1CC(Oc2cc(Br)ccc2F)C12CCCC2. The van der Waals surface area contributed by atoms with Crippen molar-refractivity contribution in [2.45, 2.75) is 44.2 Å². The van der Waals surface area contributed by atoms with Crippen LogP contribution in [0.1, 0.15) is 32.1 Å². The molecule has 1 aromatic rings. The van der Waals surface area contributed by atoms with E-state index in [2.05, 4.69) is 15.9 Å². The molecule has 0 aliphatic heterocycles. The minimum atomic E-state index is -0.299. The molecule has 2 unspecified atom stereocenters. The summed E-state index contributed by atoms with van der Waals surface area (Å²) in [6, 6.07) is 5.03. The van der Waals surface area contributed by atoms with Crippen LogP contribution < -0.4 is 10.5 Å². The third kappa shape index (κ3) is 1.86. The van der Waals surface area contributed by atoms with Crippen molar-refractivity contribution in [3.05, 3.63) is 28.5 Å². The zero-order chi connectivity index (χ0) is 12.8. The highest BCUT2D eigenvalue weighted by Gasteiger charge is 2.56. The molecule has 2 N–H and O–H groups in total. The molecule has 1 aromatic carbocycles. The molecule has 2 aliphatic carbocycles. The molecule has 2 atom stereocenters. The summed E-state index contributed by atoms with van der Waals surface area (Å²) in [5.74, 6) is 0.0411. The highest BCUT2D eigenvalue weighted by atomic mass is 79.9. The molecule has 0 heterocycles. The smallest absolute Gasteiger partial charge is 0.165 e. The molecule has 3 rings (SSSR count). The Morgan fingerprint density at radius 3 is 2.72 bits per heavy atom. The molecule has 0 bridgehead atoms. The Balaban J connectivity index is 1.79. The maximum absolute atomic E-state index is 13.7. The molecular formula is C14H17BrFNO. The molecule has 2 fully saturated rings. The van der Waals surface area contributed by atoms with E-state index in [0.29, 0.717) is 5.75 Å². The van der Waals surface area contributed by atoms with E-state index in [1.54, 1.807) is 12.1 Å². The summed E-state index contributed by atoms with van der Waals surface area (Å²) in [4.78, 5) is 0. The number of halogens is 2. The van der Waals surface area contributed by atoms with Gasteiger partial charge in [0.15, 0.2) is 11.6 Å². The lowest BCUT2D eigenvalue weighted by molar-refractivity contribution is -0.0636. The van der Waals surface area contributed by atoms with Crippen molar-refractivity contribution in [3.8, 4) is 5.75 Å². The Bertz CT molecular complexity index is 459. The maximum atomic E-state index is 13.7. The molecule has 4 heteroatoms. The van der Waals surface area contributed by atoms with Crippen molar-refractivity contribution in [2.24, 2.45) is 11.1 Å². The Hall–Kier alpha value is -0.610. The lowest BCUT2D eigenvalue weighted by Crippen LogP contribution is -2.62. The molecule has 98 valence electrons. The standard InChI is InChI=1S/C14H17BrFNO/c15-9-3-4-10(16)11(7-9)18-13-8-12(17)14(13)5-1-2-6-14/h3-4,7,12-13H,1-2,5-6,8,17H2. The van der Waals surface area contributed by atoms with E-state index in [-0.39, 0.29) is 23.4 Å². The van der Waals surface area contributed by atoms with Gasteiger partial charge in [0.1, 0.15) is 6.10 Å². The highest BCUT2D eigenvalue weighted by molar-refractivity contribution is 9.10. The zero-order valence-electron chi connectivity index (χ0n) is 10.2. The Morgan fingerprint density at radius 1 is 1.33 bits per heavy atom. The Morgan fingerprint density at radius 2 is 2.06 bits per heavy atom. The Labute approximate surface area is 115 Å². The van der Waals surface area contributed by atoms with E-state index < -0.39 is 0 Å². The first-order chi connectivity index (χ1) is 8.62. The second-order valence-electron chi connectivity index (χ2n) is 5.46. The van der Waals surface area contributed by atoms with E-state index in [1.165, 1.54) is 18.9 Å². The minimum absolute atomic E-state index is 0.0822. The largest absolute Gasteiger partial charge is 0.487 e. The molecule has 0 amide bonds. The van der Waals surface area contributed by atoms with Gasteiger partial charge >= 0.3 is 0 Å². The van der Waals surface area contributed by atoms with Crippen molar-refractivity contribution in [1.82, 2.24) is 0 Å². The number of benzene rings is 1. The summed E-state index contributed by atoms with van der Waals surface area (Å²) in [7, 11) is 0. The van der Waals surface area contributed by atoms with Crippen LogP contribution >= 0.6 is 15.9 Å². The number of hydrogen-bond donors (Lipinski definition) is 1. The molecule has 2 aliphatic rings. The summed E-state index contributed by atoms with van der Waals surface area (Å²) >= 11 is 3.34. The normalized spacial score (nSPS) is 29.3. The fourth-order valence-electron chi connectivity index (χ4n) is 3.39. The van der Waals surface area contributed by atoms with Crippen LogP contribution in [0, 0.1) is 11.2 Å². The van der Waals surface area contributed by atoms with Gasteiger partial charge in [0, 0.05) is 22.4 Å². The van der Waals surface area contributed by atoms with Gasteiger partial charge in [0.2, 0.25) is 0 Å². The third-order valence-corrected chi connectivity index (χ3v) is 5.04. The van der Waals surface area contributed by atoms with Gasteiger partial charge in [-0.05, 0) is 31.0 Å². The zero-order valence-corrected chi connectivity index (χ0v) is 11.7. The fraction of sp³-hybridized carbons (Fsp3) is 0.571. The van der Waals surface area contributed by atoms with Gasteiger partial charge in [-0.2, -0.15) is 0 Å². The highest BCUT2D eigenvalue weighted by Crippen LogP contribution is 2.53. The summed E-state index contributed by atoms with van der Waals surface area (Å²) in [6.45, 7) is 0. The van der Waals surface area contributed by atoms with E-state index >= 15 is 0 Å². The predicted molar refractivity (Wildman–Crippen MR) is 72.0 cm³/mol. The predicted octanol–water partition coefficient (Wildman–Crippen LogP) is 3.63. The van der Waals surface area contributed by atoms with Gasteiger partial charge in [-0.15, -0.1) is 0 Å². The molecular weight excluding hydrogens is 297 g/mol. The van der Waals surface area contributed by atoms with Crippen LogP contribution in [-0.2, 0) is 0 Å². The molecule has 0 radical (unpaired) electrons. The summed E-state index contributed by atoms with van der Waals surface area (Å²) in [5, 5.41) is 0. The summed E-state index contributed by atoms with van der Waals surface area (Å²) in [6.07, 6.45) is 5.59. The lowest BCUT2D eigenvalue weighted by Gasteiger charge is -2.52. The molecule has 0 aromatic heterocycles. The molecule has 0 saturated heterocycles. The first-order valence-electron chi connectivity index (χ1n) is 6.49. The van der Waals surface area contributed by atoms with E-state index in [0.717, 1.165) is 23.7 Å².